The van der Waals surface area contributed by atoms with Crippen LogP contribution in [0.4, 0.5) is 0 Å². The van der Waals surface area contributed by atoms with Crippen molar-refractivity contribution in [1.82, 2.24) is 5.32 Å². The van der Waals surface area contributed by atoms with Crippen LogP contribution in [0, 0.1) is 5.41 Å². The summed E-state index contributed by atoms with van der Waals surface area (Å²) in [5, 5.41) is 3.56. The van der Waals surface area contributed by atoms with Crippen molar-refractivity contribution in [2.75, 3.05) is 13.1 Å². The highest BCUT2D eigenvalue weighted by Crippen LogP contribution is 2.36. The van der Waals surface area contributed by atoms with E-state index >= 15 is 0 Å². The smallest absolute Gasteiger partial charge is 0.00425 e. The van der Waals surface area contributed by atoms with Crippen molar-refractivity contribution in [2.45, 2.75) is 38.5 Å². The largest absolute Gasteiger partial charge is 0.316 e. The highest BCUT2D eigenvalue weighted by atomic mass is 14.9. The van der Waals surface area contributed by atoms with E-state index in [1.807, 2.05) is 0 Å². The zero-order valence-electron chi connectivity index (χ0n) is 7.81. The minimum Gasteiger partial charge on any atom is -0.316 e. The SMILES string of the molecule is C1=CC2(CCC1)CCCCNC2. The Hall–Kier alpha value is -0.300. The van der Waals surface area contributed by atoms with Gasteiger partial charge in [0.1, 0.15) is 0 Å². The highest BCUT2D eigenvalue weighted by molar-refractivity contribution is 5.05. The molecule has 0 aromatic carbocycles. The fraction of sp³-hybridized carbons (Fsp3) is 0.818. The number of hydrogen-bond acceptors (Lipinski definition) is 1. The summed E-state index contributed by atoms with van der Waals surface area (Å²) in [5.41, 5.74) is 0.550. The van der Waals surface area contributed by atoms with Crippen molar-refractivity contribution in [3.05, 3.63) is 12.2 Å². The summed E-state index contributed by atoms with van der Waals surface area (Å²) in [7, 11) is 0. The second kappa shape index (κ2) is 3.61. The van der Waals surface area contributed by atoms with Crippen LogP contribution in [0.15, 0.2) is 12.2 Å². The molecule has 0 bridgehead atoms. The van der Waals surface area contributed by atoms with Gasteiger partial charge in [-0.2, -0.15) is 0 Å². The minimum atomic E-state index is 0.550. The van der Waals surface area contributed by atoms with Gasteiger partial charge in [-0.05, 0) is 38.6 Å². The molecule has 2 rings (SSSR count). The molecule has 2 aliphatic rings. The molecule has 1 heterocycles. The van der Waals surface area contributed by atoms with Crippen molar-refractivity contribution >= 4 is 0 Å². The van der Waals surface area contributed by atoms with Crippen LogP contribution in [0.25, 0.3) is 0 Å². The number of nitrogens with one attached hydrogen (secondary N) is 1. The van der Waals surface area contributed by atoms with Crippen LogP contribution in [0.3, 0.4) is 0 Å². The molecule has 0 aromatic rings. The van der Waals surface area contributed by atoms with Crippen molar-refractivity contribution in [1.29, 1.82) is 0 Å². The van der Waals surface area contributed by atoms with Gasteiger partial charge in [-0.25, -0.2) is 0 Å². The van der Waals surface area contributed by atoms with E-state index in [2.05, 4.69) is 17.5 Å². The van der Waals surface area contributed by atoms with E-state index in [4.69, 9.17) is 0 Å². The van der Waals surface area contributed by atoms with Crippen LogP contribution >= 0.6 is 0 Å². The lowest BCUT2D eigenvalue weighted by atomic mass is 9.76. The Morgan fingerprint density at radius 2 is 2.00 bits per heavy atom. The summed E-state index contributed by atoms with van der Waals surface area (Å²) < 4.78 is 0. The Kier molecular flexibility index (Phi) is 2.50. The summed E-state index contributed by atoms with van der Waals surface area (Å²) in [4.78, 5) is 0. The zero-order chi connectivity index (χ0) is 8.28. The van der Waals surface area contributed by atoms with E-state index in [9.17, 15) is 0 Å². The summed E-state index contributed by atoms with van der Waals surface area (Å²) in [6.45, 7) is 2.46. The standard InChI is InChI=1S/C11H19N/c1-2-6-11(7-3-1)8-4-5-9-12-10-11/h2,6,12H,1,3-5,7-10H2. The summed E-state index contributed by atoms with van der Waals surface area (Å²) in [6, 6.07) is 0. The second-order valence-electron chi connectivity index (χ2n) is 4.29. The minimum absolute atomic E-state index is 0.550. The van der Waals surface area contributed by atoms with Gasteiger partial charge in [0.25, 0.3) is 0 Å². The Morgan fingerprint density at radius 1 is 1.08 bits per heavy atom. The van der Waals surface area contributed by atoms with Gasteiger partial charge >= 0.3 is 0 Å². The molecule has 0 radical (unpaired) electrons. The van der Waals surface area contributed by atoms with E-state index in [0.29, 0.717) is 5.41 Å². The molecule has 0 amide bonds. The molecule has 1 heteroatoms. The molecule has 1 atom stereocenters. The fourth-order valence-corrected chi connectivity index (χ4v) is 2.50. The van der Waals surface area contributed by atoms with E-state index in [1.165, 1.54) is 51.6 Å². The quantitative estimate of drug-likeness (QED) is 0.544. The maximum Gasteiger partial charge on any atom is 0.00425 e. The molecular formula is C11H19N. The summed E-state index contributed by atoms with van der Waals surface area (Å²) in [5.74, 6) is 0. The molecule has 1 aliphatic heterocycles. The van der Waals surface area contributed by atoms with Crippen LogP contribution < -0.4 is 5.32 Å². The van der Waals surface area contributed by atoms with Crippen molar-refractivity contribution in [3.63, 3.8) is 0 Å². The van der Waals surface area contributed by atoms with Gasteiger partial charge < -0.3 is 5.32 Å². The first-order valence-corrected chi connectivity index (χ1v) is 5.30. The van der Waals surface area contributed by atoms with E-state index in [-0.39, 0.29) is 0 Å². The number of hydrogen-bond donors (Lipinski definition) is 1. The summed E-state index contributed by atoms with van der Waals surface area (Å²) >= 11 is 0. The molecule has 1 spiro atoms. The molecular weight excluding hydrogens is 146 g/mol. The first-order valence-electron chi connectivity index (χ1n) is 5.30. The average molecular weight is 165 g/mol. The van der Waals surface area contributed by atoms with Crippen LogP contribution in [-0.2, 0) is 0 Å². The van der Waals surface area contributed by atoms with Gasteiger partial charge in [-0.3, -0.25) is 0 Å². The third-order valence-electron chi connectivity index (χ3n) is 3.27. The van der Waals surface area contributed by atoms with Gasteiger partial charge in [-0.1, -0.05) is 18.6 Å². The number of allylic oxidation sites excluding steroid dienone is 1. The fourth-order valence-electron chi connectivity index (χ4n) is 2.50. The molecule has 0 aromatic heterocycles. The van der Waals surface area contributed by atoms with E-state index in [1.54, 1.807) is 0 Å². The van der Waals surface area contributed by atoms with Gasteiger partial charge in [0.05, 0.1) is 0 Å². The second-order valence-corrected chi connectivity index (χ2v) is 4.29. The van der Waals surface area contributed by atoms with E-state index in [0.717, 1.165) is 0 Å². The first-order chi connectivity index (χ1) is 5.91. The van der Waals surface area contributed by atoms with Crippen LogP contribution in [0.2, 0.25) is 0 Å². The molecule has 1 N–H and O–H groups in total. The lowest BCUT2D eigenvalue weighted by Crippen LogP contribution is -2.31. The number of rotatable bonds is 0. The Labute approximate surface area is 75.2 Å². The lowest BCUT2D eigenvalue weighted by molar-refractivity contribution is 0.303. The van der Waals surface area contributed by atoms with E-state index < -0.39 is 0 Å². The predicted octanol–water partition coefficient (Wildman–Crippen LogP) is 2.49. The average Bonchev–Trinajstić information content (AvgIpc) is 2.33. The molecule has 1 unspecified atom stereocenters. The highest BCUT2D eigenvalue weighted by Gasteiger charge is 2.28. The maximum absolute atomic E-state index is 3.56. The van der Waals surface area contributed by atoms with Gasteiger partial charge in [-0.15, -0.1) is 0 Å². The Balaban J connectivity index is 2.05. The van der Waals surface area contributed by atoms with Crippen LogP contribution in [0.5, 0.6) is 0 Å². The van der Waals surface area contributed by atoms with Gasteiger partial charge in [0.2, 0.25) is 0 Å². The third kappa shape index (κ3) is 1.71. The monoisotopic (exact) mass is 165 g/mol. The molecule has 1 aliphatic carbocycles. The third-order valence-corrected chi connectivity index (χ3v) is 3.27. The molecule has 1 nitrogen and oxygen atoms in total. The van der Waals surface area contributed by atoms with Gasteiger partial charge in [0, 0.05) is 12.0 Å². The van der Waals surface area contributed by atoms with Crippen LogP contribution in [0.1, 0.15) is 38.5 Å². The van der Waals surface area contributed by atoms with Crippen molar-refractivity contribution in [2.24, 2.45) is 5.41 Å². The summed E-state index contributed by atoms with van der Waals surface area (Å²) in [6.07, 6.45) is 13.2. The predicted molar refractivity (Wildman–Crippen MR) is 52.1 cm³/mol. The molecule has 1 fully saturated rings. The Bertz CT molecular complexity index is 164. The molecule has 68 valence electrons. The molecule has 12 heavy (non-hydrogen) atoms. The zero-order valence-corrected chi connectivity index (χ0v) is 7.81. The topological polar surface area (TPSA) is 12.0 Å². The molecule has 0 saturated carbocycles. The molecule has 1 saturated heterocycles. The first kappa shape index (κ1) is 8.31. The Morgan fingerprint density at radius 3 is 2.83 bits per heavy atom. The van der Waals surface area contributed by atoms with Crippen molar-refractivity contribution in [3.8, 4) is 0 Å². The van der Waals surface area contributed by atoms with Crippen molar-refractivity contribution < 1.29 is 0 Å². The normalized spacial score (nSPS) is 36.7. The lowest BCUT2D eigenvalue weighted by Gasteiger charge is -2.31. The maximum atomic E-state index is 3.56. The van der Waals surface area contributed by atoms with Gasteiger partial charge in [0.15, 0.2) is 0 Å². The van der Waals surface area contributed by atoms with Crippen LogP contribution in [-0.4, -0.2) is 13.1 Å².